The molecule has 0 bridgehead atoms. The topological polar surface area (TPSA) is 48.7 Å². The van der Waals surface area contributed by atoms with E-state index in [-0.39, 0.29) is 29.1 Å². The molecule has 4 rings (SSSR count). The van der Waals surface area contributed by atoms with E-state index in [0.717, 1.165) is 17.5 Å². The monoisotopic (exact) mass is 474 g/mol. The van der Waals surface area contributed by atoms with Crippen molar-refractivity contribution in [2.45, 2.75) is 26.1 Å². The smallest absolute Gasteiger partial charge is 0.453 e. The van der Waals surface area contributed by atoms with E-state index in [1.165, 1.54) is 30.3 Å². The summed E-state index contributed by atoms with van der Waals surface area (Å²) in [4.78, 5) is 12.9. The van der Waals surface area contributed by atoms with Crippen LogP contribution in [-0.2, 0) is 19.2 Å². The minimum atomic E-state index is -4.94. The average Bonchev–Trinajstić information content (AvgIpc) is 2.79. The van der Waals surface area contributed by atoms with Gasteiger partial charge in [-0.15, -0.1) is 0 Å². The Balaban J connectivity index is 1.70. The second kappa shape index (κ2) is 9.19. The third-order valence-corrected chi connectivity index (χ3v) is 5.16. The third-order valence-electron chi connectivity index (χ3n) is 4.93. The predicted molar refractivity (Wildman–Crippen MR) is 119 cm³/mol. The summed E-state index contributed by atoms with van der Waals surface area (Å²) in [6, 6.07) is 17.5. The average molecular weight is 475 g/mol. The minimum Gasteiger partial charge on any atom is -0.489 e. The molecule has 0 amide bonds. The number of benzene rings is 3. The fraction of sp³-hybridized carbons (Fsp3) is 0.160. The zero-order valence-corrected chi connectivity index (χ0v) is 18.2. The van der Waals surface area contributed by atoms with E-state index in [1.807, 2.05) is 6.92 Å². The highest BCUT2D eigenvalue weighted by molar-refractivity contribution is 6.30. The van der Waals surface area contributed by atoms with Gasteiger partial charge >= 0.3 is 6.18 Å². The molecule has 0 saturated heterocycles. The van der Waals surface area contributed by atoms with Crippen molar-refractivity contribution >= 4 is 22.6 Å². The van der Waals surface area contributed by atoms with Crippen LogP contribution in [0.25, 0.3) is 11.0 Å². The first-order valence-electron chi connectivity index (χ1n) is 10.1. The fourth-order valence-corrected chi connectivity index (χ4v) is 3.44. The van der Waals surface area contributed by atoms with E-state index < -0.39 is 23.1 Å². The highest BCUT2D eigenvalue weighted by Crippen LogP contribution is 2.38. The lowest BCUT2D eigenvalue weighted by Crippen LogP contribution is -2.15. The quantitative estimate of drug-likeness (QED) is 0.292. The molecule has 8 heteroatoms. The van der Waals surface area contributed by atoms with Crippen molar-refractivity contribution < 1.29 is 27.1 Å². The molecular weight excluding hydrogens is 457 g/mol. The first kappa shape index (κ1) is 22.7. The van der Waals surface area contributed by atoms with Gasteiger partial charge in [-0.05, 0) is 53.9 Å². The summed E-state index contributed by atoms with van der Waals surface area (Å²) in [5, 5.41) is 0.477. The number of halogens is 4. The highest BCUT2D eigenvalue weighted by Gasteiger charge is 2.40. The van der Waals surface area contributed by atoms with Gasteiger partial charge in [0.15, 0.2) is 0 Å². The van der Waals surface area contributed by atoms with Crippen molar-refractivity contribution in [2.24, 2.45) is 0 Å². The first-order valence-corrected chi connectivity index (χ1v) is 10.4. The second-order valence-corrected chi connectivity index (χ2v) is 7.70. The summed E-state index contributed by atoms with van der Waals surface area (Å²) in [6.45, 7) is 2.08. The lowest BCUT2D eigenvalue weighted by atomic mass is 10.1. The largest absolute Gasteiger partial charge is 0.489 e. The summed E-state index contributed by atoms with van der Waals surface area (Å²) in [7, 11) is 0. The molecule has 0 aliphatic carbocycles. The molecule has 0 fully saturated rings. The van der Waals surface area contributed by atoms with Crippen LogP contribution < -0.4 is 14.9 Å². The number of alkyl halides is 3. The Kier molecular flexibility index (Phi) is 6.33. The standard InChI is InChI=1S/C25H18ClF3O4/c1-2-15-6-8-18(9-7-15)32-23-22(30)20-11-10-19(13-21(20)33-24(23)25(27,28)29)31-14-16-4-3-5-17(26)12-16/h3-13H,2,14H2,1H3. The number of hydrogen-bond donors (Lipinski definition) is 0. The molecule has 4 aromatic rings. The molecule has 0 aliphatic rings. The van der Waals surface area contributed by atoms with Gasteiger partial charge in [-0.2, -0.15) is 13.2 Å². The molecule has 4 nitrogen and oxygen atoms in total. The Morgan fingerprint density at radius 1 is 0.939 bits per heavy atom. The van der Waals surface area contributed by atoms with Crippen molar-refractivity contribution in [3.05, 3.63) is 98.9 Å². The Morgan fingerprint density at radius 2 is 1.67 bits per heavy atom. The van der Waals surface area contributed by atoms with E-state index in [1.54, 1.807) is 36.4 Å². The van der Waals surface area contributed by atoms with Gasteiger partial charge in [0.1, 0.15) is 23.7 Å². The van der Waals surface area contributed by atoms with Gasteiger partial charge in [-0.3, -0.25) is 4.79 Å². The van der Waals surface area contributed by atoms with E-state index in [4.69, 9.17) is 25.5 Å². The molecule has 0 aliphatic heterocycles. The number of hydrogen-bond acceptors (Lipinski definition) is 4. The van der Waals surface area contributed by atoms with Gasteiger partial charge in [-0.25, -0.2) is 0 Å². The van der Waals surface area contributed by atoms with Gasteiger partial charge in [0.05, 0.1) is 5.39 Å². The Morgan fingerprint density at radius 3 is 2.33 bits per heavy atom. The summed E-state index contributed by atoms with van der Waals surface area (Å²) >= 11 is 5.95. The van der Waals surface area contributed by atoms with Gasteiger partial charge in [0, 0.05) is 11.1 Å². The first-order chi connectivity index (χ1) is 15.7. The number of aryl methyl sites for hydroxylation is 1. The van der Waals surface area contributed by atoms with Crippen LogP contribution in [0.1, 0.15) is 23.8 Å². The molecule has 0 saturated carbocycles. The maximum Gasteiger partial charge on any atom is 0.453 e. The zero-order valence-electron chi connectivity index (χ0n) is 17.4. The normalized spacial score (nSPS) is 11.5. The van der Waals surface area contributed by atoms with E-state index >= 15 is 0 Å². The van der Waals surface area contributed by atoms with Gasteiger partial charge in [0.2, 0.25) is 11.2 Å². The lowest BCUT2D eigenvalue weighted by molar-refractivity contribution is -0.154. The van der Waals surface area contributed by atoms with Crippen LogP contribution in [0.5, 0.6) is 17.2 Å². The molecule has 33 heavy (non-hydrogen) atoms. The summed E-state index contributed by atoms with van der Waals surface area (Å²) in [5.41, 5.74) is 0.571. The SMILES string of the molecule is CCc1ccc(Oc2c(C(F)(F)F)oc3cc(OCc4cccc(Cl)c4)ccc3c2=O)cc1. The van der Waals surface area contributed by atoms with Gasteiger partial charge in [0.25, 0.3) is 5.76 Å². The fourth-order valence-electron chi connectivity index (χ4n) is 3.23. The molecule has 0 spiro atoms. The summed E-state index contributed by atoms with van der Waals surface area (Å²) in [5.74, 6) is -2.08. The predicted octanol–water partition coefficient (Wildman–Crippen LogP) is 7.40. The molecule has 0 N–H and O–H groups in total. The van der Waals surface area contributed by atoms with Crippen molar-refractivity contribution in [1.29, 1.82) is 0 Å². The third kappa shape index (κ3) is 5.14. The van der Waals surface area contributed by atoms with Crippen molar-refractivity contribution in [1.82, 2.24) is 0 Å². The zero-order chi connectivity index (χ0) is 23.6. The Hall–Kier alpha value is -3.45. The van der Waals surface area contributed by atoms with Crippen molar-refractivity contribution in [3.63, 3.8) is 0 Å². The van der Waals surface area contributed by atoms with Gasteiger partial charge < -0.3 is 13.9 Å². The number of ether oxygens (including phenoxy) is 2. The Labute approximate surface area is 192 Å². The number of rotatable bonds is 6. The molecule has 0 atom stereocenters. The lowest BCUT2D eigenvalue weighted by Gasteiger charge is -2.14. The van der Waals surface area contributed by atoms with Crippen molar-refractivity contribution in [2.75, 3.05) is 0 Å². The molecule has 1 heterocycles. The van der Waals surface area contributed by atoms with Gasteiger partial charge in [-0.1, -0.05) is 42.8 Å². The minimum absolute atomic E-state index is 0.0571. The summed E-state index contributed by atoms with van der Waals surface area (Å²) < 4.78 is 57.3. The van der Waals surface area contributed by atoms with Crippen LogP contribution in [0.15, 0.2) is 75.9 Å². The highest BCUT2D eigenvalue weighted by atomic mass is 35.5. The molecule has 0 unspecified atom stereocenters. The van der Waals surface area contributed by atoms with Crippen LogP contribution in [0, 0.1) is 0 Å². The molecule has 0 radical (unpaired) electrons. The molecule has 3 aromatic carbocycles. The maximum absolute atomic E-state index is 13.7. The Bertz CT molecular complexity index is 1340. The van der Waals surface area contributed by atoms with Crippen LogP contribution in [0.4, 0.5) is 13.2 Å². The van der Waals surface area contributed by atoms with E-state index in [9.17, 15) is 18.0 Å². The second-order valence-electron chi connectivity index (χ2n) is 7.26. The molecule has 1 aromatic heterocycles. The van der Waals surface area contributed by atoms with E-state index in [0.29, 0.717) is 5.02 Å². The van der Waals surface area contributed by atoms with Crippen molar-refractivity contribution in [3.8, 4) is 17.2 Å². The summed E-state index contributed by atoms with van der Waals surface area (Å²) in [6.07, 6.45) is -4.18. The maximum atomic E-state index is 13.7. The van der Waals surface area contributed by atoms with Crippen LogP contribution in [-0.4, -0.2) is 0 Å². The van der Waals surface area contributed by atoms with Crippen LogP contribution >= 0.6 is 11.6 Å². The van der Waals surface area contributed by atoms with Crippen LogP contribution in [0.3, 0.4) is 0 Å². The van der Waals surface area contributed by atoms with Crippen LogP contribution in [0.2, 0.25) is 5.02 Å². The molecular formula is C25H18ClF3O4. The van der Waals surface area contributed by atoms with E-state index in [2.05, 4.69) is 0 Å². The number of fused-ring (bicyclic) bond motifs is 1. The molecule has 170 valence electrons.